The number of aliphatic hydroxyl groups is 2. The number of nitrogens with zero attached hydrogens (tertiary/aromatic N) is 4. The maximum Gasteiger partial charge on any atom is 0.333 e. The summed E-state index contributed by atoms with van der Waals surface area (Å²) in [6.07, 6.45) is -4.05. The van der Waals surface area contributed by atoms with Gasteiger partial charge in [-0.1, -0.05) is 0 Å². The summed E-state index contributed by atoms with van der Waals surface area (Å²) >= 11 is 0. The van der Waals surface area contributed by atoms with Crippen LogP contribution in [0.5, 0.6) is 5.88 Å². The van der Waals surface area contributed by atoms with Crippen LogP contribution in [-0.2, 0) is 19.2 Å². The van der Waals surface area contributed by atoms with Gasteiger partial charge >= 0.3 is 10.3 Å². The molecule has 13 nitrogen and oxygen atoms in total. The minimum Gasteiger partial charge on any atom is -0.476 e. The van der Waals surface area contributed by atoms with Crippen LogP contribution in [0.25, 0.3) is 11.0 Å². The summed E-state index contributed by atoms with van der Waals surface area (Å²) < 4.78 is 38.3. The van der Waals surface area contributed by atoms with E-state index in [0.717, 1.165) is 0 Å². The number of nitrogens with two attached hydrogens (primary N) is 2. The van der Waals surface area contributed by atoms with Crippen LogP contribution < -0.4 is 15.6 Å². The SMILES string of the molecule is CCOc1nn([C@@H]2O[C@H](COS(N)(=O)=O)[C@@H](O)[C@H]2O)c2ncnc(N)c12. The van der Waals surface area contributed by atoms with E-state index in [2.05, 4.69) is 19.2 Å². The zero-order valence-electron chi connectivity index (χ0n) is 13.6. The van der Waals surface area contributed by atoms with E-state index in [1.807, 2.05) is 0 Å². The highest BCUT2D eigenvalue weighted by Gasteiger charge is 2.45. The number of anilines is 1. The predicted octanol–water partition coefficient (Wildman–Crippen LogP) is -2.35. The van der Waals surface area contributed by atoms with Crippen LogP contribution in [0, 0.1) is 0 Å². The lowest BCUT2D eigenvalue weighted by Crippen LogP contribution is -2.35. The van der Waals surface area contributed by atoms with Crippen molar-refractivity contribution in [3.63, 3.8) is 0 Å². The first kappa shape index (κ1) is 18.7. The predicted molar refractivity (Wildman–Crippen MR) is 85.9 cm³/mol. The fourth-order valence-corrected chi connectivity index (χ4v) is 2.93. The highest BCUT2D eigenvalue weighted by Crippen LogP contribution is 2.35. The second kappa shape index (κ2) is 6.90. The third-order valence-electron chi connectivity index (χ3n) is 3.74. The summed E-state index contributed by atoms with van der Waals surface area (Å²) in [5.74, 6) is 0.252. The minimum absolute atomic E-state index is 0.117. The molecule has 1 aliphatic rings. The molecule has 0 bridgehead atoms. The van der Waals surface area contributed by atoms with E-state index < -0.39 is 41.5 Å². The Kier molecular flexibility index (Phi) is 4.96. The van der Waals surface area contributed by atoms with Gasteiger partial charge in [0.2, 0.25) is 5.88 Å². The molecule has 3 heterocycles. The lowest BCUT2D eigenvalue weighted by atomic mass is 10.1. The number of ether oxygens (including phenoxy) is 2. The number of hydrogen-bond donors (Lipinski definition) is 4. The molecule has 0 amide bonds. The molecule has 1 saturated heterocycles. The Hall–Kier alpha value is -2.10. The van der Waals surface area contributed by atoms with Crippen molar-refractivity contribution in [2.75, 3.05) is 18.9 Å². The van der Waals surface area contributed by atoms with Crippen LogP contribution in [-0.4, -0.2) is 69.9 Å². The molecule has 3 rings (SSSR count). The van der Waals surface area contributed by atoms with E-state index in [1.54, 1.807) is 6.92 Å². The van der Waals surface area contributed by atoms with E-state index in [1.165, 1.54) is 11.0 Å². The lowest BCUT2D eigenvalue weighted by Gasteiger charge is -2.15. The lowest BCUT2D eigenvalue weighted by molar-refractivity contribution is -0.0531. The van der Waals surface area contributed by atoms with Gasteiger partial charge in [-0.15, -0.1) is 5.10 Å². The van der Waals surface area contributed by atoms with Crippen LogP contribution in [0.4, 0.5) is 5.82 Å². The van der Waals surface area contributed by atoms with Crippen molar-refractivity contribution in [3.05, 3.63) is 6.33 Å². The summed E-state index contributed by atoms with van der Waals surface area (Å²) in [5, 5.41) is 29.7. The van der Waals surface area contributed by atoms with Crippen LogP contribution in [0.15, 0.2) is 6.33 Å². The van der Waals surface area contributed by atoms with Crippen LogP contribution >= 0.6 is 0 Å². The van der Waals surface area contributed by atoms with Crippen molar-refractivity contribution in [3.8, 4) is 5.88 Å². The molecule has 14 heteroatoms. The van der Waals surface area contributed by atoms with Crippen molar-refractivity contribution in [1.82, 2.24) is 19.7 Å². The van der Waals surface area contributed by atoms with Gasteiger partial charge in [-0.3, -0.25) is 4.18 Å². The zero-order chi connectivity index (χ0) is 19.1. The molecule has 26 heavy (non-hydrogen) atoms. The summed E-state index contributed by atoms with van der Waals surface area (Å²) in [5.41, 5.74) is 6.06. The smallest absolute Gasteiger partial charge is 0.333 e. The maximum atomic E-state index is 10.9. The fraction of sp³-hybridized carbons (Fsp3) is 0.583. The first-order chi connectivity index (χ1) is 12.2. The van der Waals surface area contributed by atoms with E-state index in [4.69, 9.17) is 20.3 Å². The van der Waals surface area contributed by atoms with Crippen LogP contribution in [0.3, 0.4) is 0 Å². The Labute approximate surface area is 147 Å². The van der Waals surface area contributed by atoms with Crippen molar-refractivity contribution >= 4 is 27.2 Å². The van der Waals surface area contributed by atoms with Crippen molar-refractivity contribution in [1.29, 1.82) is 0 Å². The first-order valence-corrected chi connectivity index (χ1v) is 9.00. The van der Waals surface area contributed by atoms with Gasteiger partial charge in [0.1, 0.15) is 35.8 Å². The van der Waals surface area contributed by atoms with Gasteiger partial charge in [-0.25, -0.2) is 19.8 Å². The molecule has 0 radical (unpaired) electrons. The Morgan fingerprint density at radius 1 is 1.35 bits per heavy atom. The van der Waals surface area contributed by atoms with Crippen molar-refractivity contribution in [2.45, 2.75) is 31.5 Å². The van der Waals surface area contributed by atoms with Gasteiger partial charge in [0.05, 0.1) is 13.2 Å². The number of nitrogen functional groups attached to an aromatic ring is 1. The fourth-order valence-electron chi connectivity index (χ4n) is 2.61. The average molecular weight is 390 g/mol. The Morgan fingerprint density at radius 3 is 2.73 bits per heavy atom. The molecule has 0 spiro atoms. The molecular weight excluding hydrogens is 372 g/mol. The van der Waals surface area contributed by atoms with Gasteiger partial charge in [-0.2, -0.15) is 8.42 Å². The highest BCUT2D eigenvalue weighted by atomic mass is 32.2. The standard InChI is InChI=1S/C12H18N6O7S/c1-2-23-11-6-9(13)15-4-16-10(6)18(17-11)12-8(20)7(19)5(25-12)3-24-26(14,21)22/h4-5,7-8,12,19-20H,2-3H2,1H3,(H2,13,15,16)(H2,14,21,22)/t5-,7-,8-,12-/m1/s1. The topological polar surface area (TPSA) is 198 Å². The van der Waals surface area contributed by atoms with Crippen molar-refractivity contribution in [2.24, 2.45) is 5.14 Å². The average Bonchev–Trinajstić information content (AvgIpc) is 3.06. The normalized spacial score (nSPS) is 26.5. The second-order valence-electron chi connectivity index (χ2n) is 5.46. The highest BCUT2D eigenvalue weighted by molar-refractivity contribution is 7.84. The summed E-state index contributed by atoms with van der Waals surface area (Å²) in [6, 6.07) is 0. The monoisotopic (exact) mass is 390 g/mol. The van der Waals surface area contributed by atoms with Gasteiger partial charge in [0.25, 0.3) is 0 Å². The Balaban J connectivity index is 1.95. The molecule has 6 N–H and O–H groups in total. The zero-order valence-corrected chi connectivity index (χ0v) is 14.4. The Morgan fingerprint density at radius 2 is 2.08 bits per heavy atom. The van der Waals surface area contributed by atoms with E-state index >= 15 is 0 Å². The van der Waals surface area contributed by atoms with Gasteiger partial charge in [0, 0.05) is 0 Å². The van der Waals surface area contributed by atoms with Gasteiger partial charge in [0.15, 0.2) is 11.9 Å². The minimum atomic E-state index is -4.23. The summed E-state index contributed by atoms with van der Waals surface area (Å²) in [6.45, 7) is 1.46. The molecule has 4 atom stereocenters. The molecule has 0 aliphatic carbocycles. The number of aliphatic hydroxyl groups excluding tert-OH is 2. The van der Waals surface area contributed by atoms with Gasteiger partial charge in [-0.05, 0) is 6.92 Å². The first-order valence-electron chi connectivity index (χ1n) is 7.53. The largest absolute Gasteiger partial charge is 0.476 e. The molecule has 2 aromatic rings. The molecule has 2 aromatic heterocycles. The summed E-state index contributed by atoms with van der Waals surface area (Å²) in [4.78, 5) is 7.94. The number of aromatic nitrogens is 4. The Bertz CT molecular complexity index is 903. The molecule has 1 aliphatic heterocycles. The maximum absolute atomic E-state index is 10.9. The van der Waals surface area contributed by atoms with E-state index in [9.17, 15) is 18.6 Å². The van der Waals surface area contributed by atoms with Gasteiger partial charge < -0.3 is 25.4 Å². The molecular formula is C12H18N6O7S. The molecule has 0 saturated carbocycles. The summed E-state index contributed by atoms with van der Waals surface area (Å²) in [7, 11) is -4.23. The molecule has 0 aromatic carbocycles. The van der Waals surface area contributed by atoms with E-state index in [0.29, 0.717) is 12.0 Å². The number of rotatable bonds is 6. The van der Waals surface area contributed by atoms with Crippen LogP contribution in [0.1, 0.15) is 13.2 Å². The third-order valence-corrected chi connectivity index (χ3v) is 4.21. The number of fused-ring (bicyclic) bond motifs is 1. The van der Waals surface area contributed by atoms with E-state index in [-0.39, 0.29) is 17.3 Å². The molecule has 144 valence electrons. The third kappa shape index (κ3) is 3.42. The van der Waals surface area contributed by atoms with Crippen LogP contribution in [0.2, 0.25) is 0 Å². The quantitative estimate of drug-likeness (QED) is 0.411. The number of hydrogen-bond acceptors (Lipinski definition) is 11. The van der Waals surface area contributed by atoms with Crippen molar-refractivity contribution < 1.29 is 32.3 Å². The molecule has 1 fully saturated rings. The second-order valence-corrected chi connectivity index (χ2v) is 6.69. The molecule has 0 unspecified atom stereocenters.